The first kappa shape index (κ1) is 12.7. The van der Waals surface area contributed by atoms with Crippen LogP contribution in [0.15, 0.2) is 24.3 Å². The van der Waals surface area contributed by atoms with E-state index in [-0.39, 0.29) is 12.0 Å². The van der Waals surface area contributed by atoms with Gasteiger partial charge >= 0.3 is 5.97 Å². The second-order valence-electron chi connectivity index (χ2n) is 3.86. The van der Waals surface area contributed by atoms with Crippen LogP contribution in [0.4, 0.5) is 0 Å². The highest BCUT2D eigenvalue weighted by Crippen LogP contribution is 2.16. The molecule has 0 amide bonds. The highest BCUT2D eigenvalue weighted by molar-refractivity contribution is 5.69. The van der Waals surface area contributed by atoms with Crippen LogP contribution in [-0.2, 0) is 9.53 Å². The lowest BCUT2D eigenvalue weighted by atomic mass is 10.0. The number of carbonyl (C=O) groups excluding carboxylic acids is 1. The van der Waals surface area contributed by atoms with E-state index in [9.17, 15) is 4.79 Å². The summed E-state index contributed by atoms with van der Waals surface area (Å²) in [6.07, 6.45) is 0.409. The van der Waals surface area contributed by atoms with Crippen LogP contribution in [0.25, 0.3) is 0 Å². The lowest BCUT2D eigenvalue weighted by Crippen LogP contribution is -2.22. The van der Waals surface area contributed by atoms with Crippen molar-refractivity contribution < 1.29 is 9.53 Å². The lowest BCUT2D eigenvalue weighted by molar-refractivity contribution is -0.140. The molecule has 0 aliphatic heterocycles. The number of rotatable bonds is 5. The van der Waals surface area contributed by atoms with Crippen LogP contribution in [0.1, 0.15) is 30.5 Å². The minimum Gasteiger partial charge on any atom is -0.469 e. The minimum atomic E-state index is -0.176. The first-order valence-electron chi connectivity index (χ1n) is 5.51. The van der Waals surface area contributed by atoms with E-state index in [1.54, 1.807) is 0 Å². The van der Waals surface area contributed by atoms with Gasteiger partial charge in [0.1, 0.15) is 0 Å². The van der Waals surface area contributed by atoms with Gasteiger partial charge in [0.05, 0.1) is 13.5 Å². The molecule has 1 rings (SSSR count). The molecular formula is C13H19NO2. The Kier molecular flexibility index (Phi) is 4.99. The number of ether oxygens (including phenoxy) is 1. The third-order valence-corrected chi connectivity index (χ3v) is 2.66. The van der Waals surface area contributed by atoms with Crippen LogP contribution >= 0.6 is 0 Å². The number of benzene rings is 1. The van der Waals surface area contributed by atoms with Gasteiger partial charge in [-0.15, -0.1) is 0 Å². The van der Waals surface area contributed by atoms with Crippen molar-refractivity contribution in [1.82, 2.24) is 5.32 Å². The topological polar surface area (TPSA) is 38.3 Å². The largest absolute Gasteiger partial charge is 0.469 e. The zero-order valence-corrected chi connectivity index (χ0v) is 10.1. The van der Waals surface area contributed by atoms with Gasteiger partial charge in [0.2, 0.25) is 0 Å². The van der Waals surface area contributed by atoms with Crippen LogP contribution in [0.2, 0.25) is 0 Å². The third-order valence-electron chi connectivity index (χ3n) is 2.66. The molecular weight excluding hydrogens is 202 g/mol. The van der Waals surface area contributed by atoms with Crippen molar-refractivity contribution in [2.45, 2.75) is 26.3 Å². The summed E-state index contributed by atoms with van der Waals surface area (Å²) < 4.78 is 4.58. The van der Waals surface area contributed by atoms with E-state index in [1.165, 1.54) is 18.2 Å². The van der Waals surface area contributed by atoms with E-state index < -0.39 is 0 Å². The summed E-state index contributed by atoms with van der Waals surface area (Å²) in [4.78, 5) is 10.9. The molecule has 3 heteroatoms. The number of methoxy groups -OCH3 is 1. The number of aryl methyl sites for hydroxylation is 1. The number of carbonyl (C=O) groups is 1. The Bertz CT molecular complexity index is 350. The molecule has 16 heavy (non-hydrogen) atoms. The first-order chi connectivity index (χ1) is 7.65. The first-order valence-corrected chi connectivity index (χ1v) is 5.51. The van der Waals surface area contributed by atoms with Gasteiger partial charge in [0.15, 0.2) is 0 Å². The molecule has 0 aliphatic rings. The van der Waals surface area contributed by atoms with Crippen LogP contribution in [0.5, 0.6) is 0 Å². The molecule has 0 fully saturated rings. The fourth-order valence-electron chi connectivity index (χ4n) is 1.68. The minimum absolute atomic E-state index is 0.176. The van der Waals surface area contributed by atoms with Crippen molar-refractivity contribution in [3.8, 4) is 0 Å². The second-order valence-corrected chi connectivity index (χ2v) is 3.86. The number of hydrogen-bond donors (Lipinski definition) is 1. The summed E-state index contributed by atoms with van der Waals surface area (Å²) in [5.41, 5.74) is 2.54. The predicted octanol–water partition coefficient (Wildman–Crippen LogP) is 2.21. The van der Waals surface area contributed by atoms with Crippen molar-refractivity contribution >= 4 is 5.97 Å². The Labute approximate surface area is 96.8 Å². The maximum atomic E-state index is 10.9. The fourth-order valence-corrected chi connectivity index (χ4v) is 1.68. The fraction of sp³-hybridized carbons (Fsp3) is 0.462. The maximum absolute atomic E-state index is 10.9. The molecule has 0 radical (unpaired) electrons. The molecule has 0 aromatic heterocycles. The quantitative estimate of drug-likeness (QED) is 0.775. The van der Waals surface area contributed by atoms with E-state index in [1.807, 2.05) is 12.1 Å². The zero-order chi connectivity index (χ0) is 12.0. The van der Waals surface area contributed by atoms with Crippen LogP contribution in [-0.4, -0.2) is 19.6 Å². The van der Waals surface area contributed by atoms with Crippen molar-refractivity contribution in [1.29, 1.82) is 0 Å². The highest BCUT2D eigenvalue weighted by atomic mass is 16.5. The molecule has 0 heterocycles. The average Bonchev–Trinajstić information content (AvgIpc) is 2.29. The van der Waals surface area contributed by atoms with E-state index in [0.717, 1.165) is 0 Å². The monoisotopic (exact) mass is 221 g/mol. The molecule has 0 aliphatic carbocycles. The average molecular weight is 221 g/mol. The number of hydrogen-bond acceptors (Lipinski definition) is 3. The SMILES string of the molecule is COC(=O)CCN[C@@H](C)c1ccccc1C. The van der Waals surface area contributed by atoms with Gasteiger partial charge in [0, 0.05) is 12.6 Å². The lowest BCUT2D eigenvalue weighted by Gasteiger charge is -2.15. The summed E-state index contributed by atoms with van der Waals surface area (Å²) >= 11 is 0. The van der Waals surface area contributed by atoms with Gasteiger partial charge < -0.3 is 10.1 Å². The van der Waals surface area contributed by atoms with Gasteiger partial charge in [-0.3, -0.25) is 4.79 Å². The van der Waals surface area contributed by atoms with Crippen molar-refractivity contribution in [3.05, 3.63) is 35.4 Å². The van der Waals surface area contributed by atoms with Crippen LogP contribution in [0.3, 0.4) is 0 Å². The van der Waals surface area contributed by atoms with E-state index >= 15 is 0 Å². The van der Waals surface area contributed by atoms with Gasteiger partial charge in [-0.05, 0) is 25.0 Å². The Morgan fingerprint density at radius 1 is 1.44 bits per heavy atom. The summed E-state index contributed by atoms with van der Waals surface area (Å²) in [6.45, 7) is 4.83. The van der Waals surface area contributed by atoms with Gasteiger partial charge in [-0.25, -0.2) is 0 Å². The molecule has 88 valence electrons. The van der Waals surface area contributed by atoms with E-state index in [0.29, 0.717) is 13.0 Å². The molecule has 1 aromatic rings. The molecule has 0 saturated carbocycles. The molecule has 0 unspecified atom stereocenters. The molecule has 0 spiro atoms. The smallest absolute Gasteiger partial charge is 0.306 e. The van der Waals surface area contributed by atoms with Crippen molar-refractivity contribution in [2.24, 2.45) is 0 Å². The molecule has 0 bridgehead atoms. The standard InChI is InChI=1S/C13H19NO2/c1-10-6-4-5-7-12(10)11(2)14-9-8-13(15)16-3/h4-7,11,14H,8-9H2,1-3H3/t11-/m0/s1. The van der Waals surface area contributed by atoms with Crippen molar-refractivity contribution in [3.63, 3.8) is 0 Å². The van der Waals surface area contributed by atoms with Gasteiger partial charge in [0.25, 0.3) is 0 Å². The Morgan fingerprint density at radius 3 is 2.75 bits per heavy atom. The summed E-state index contributed by atoms with van der Waals surface area (Å²) in [5.74, 6) is -0.176. The molecule has 3 nitrogen and oxygen atoms in total. The molecule has 1 atom stereocenters. The predicted molar refractivity (Wildman–Crippen MR) is 64.2 cm³/mol. The van der Waals surface area contributed by atoms with Gasteiger partial charge in [-0.1, -0.05) is 24.3 Å². The number of nitrogens with one attached hydrogen (secondary N) is 1. The molecule has 1 aromatic carbocycles. The molecule has 0 saturated heterocycles. The van der Waals surface area contributed by atoms with E-state index in [4.69, 9.17) is 0 Å². The zero-order valence-electron chi connectivity index (χ0n) is 10.1. The molecule has 1 N–H and O–H groups in total. The summed E-state index contributed by atoms with van der Waals surface area (Å²) in [6, 6.07) is 8.51. The van der Waals surface area contributed by atoms with Crippen LogP contribution < -0.4 is 5.32 Å². The summed E-state index contributed by atoms with van der Waals surface area (Å²) in [5, 5.41) is 3.30. The normalized spacial score (nSPS) is 12.2. The van der Waals surface area contributed by atoms with Crippen molar-refractivity contribution in [2.75, 3.05) is 13.7 Å². The summed E-state index contributed by atoms with van der Waals surface area (Å²) in [7, 11) is 1.41. The van der Waals surface area contributed by atoms with Gasteiger partial charge in [-0.2, -0.15) is 0 Å². The Hall–Kier alpha value is -1.35. The number of esters is 1. The van der Waals surface area contributed by atoms with E-state index in [2.05, 4.69) is 36.0 Å². The third kappa shape index (κ3) is 3.66. The maximum Gasteiger partial charge on any atom is 0.306 e. The Balaban J connectivity index is 2.44. The second kappa shape index (κ2) is 6.28. The Morgan fingerprint density at radius 2 is 2.12 bits per heavy atom. The van der Waals surface area contributed by atoms with Crippen LogP contribution in [0, 0.1) is 6.92 Å². The highest BCUT2D eigenvalue weighted by Gasteiger charge is 2.07.